The number of carbonyl (C=O) groups is 3. The molecule has 1 aromatic carbocycles. The molecule has 0 aromatic heterocycles. The molecule has 1 aliphatic rings. The molecule has 0 saturated heterocycles. The Labute approximate surface area is 157 Å². The van der Waals surface area contributed by atoms with Crippen LogP contribution in [-0.4, -0.2) is 49.9 Å². The van der Waals surface area contributed by atoms with E-state index in [2.05, 4.69) is 10.6 Å². The first kappa shape index (κ1) is 20.3. The number of hydrogen-bond acceptors (Lipinski definition) is 7. The molecule has 0 bridgehead atoms. The van der Waals surface area contributed by atoms with Gasteiger partial charge in [-0.15, -0.1) is 0 Å². The van der Waals surface area contributed by atoms with Crippen LogP contribution >= 0.6 is 0 Å². The van der Waals surface area contributed by atoms with Gasteiger partial charge in [-0.3, -0.25) is 10.1 Å². The summed E-state index contributed by atoms with van der Waals surface area (Å²) in [6, 6.07) is 2.22. The van der Waals surface area contributed by atoms with Gasteiger partial charge in [0.05, 0.1) is 12.7 Å². The molecule has 0 fully saturated rings. The van der Waals surface area contributed by atoms with Crippen molar-refractivity contribution in [3.05, 3.63) is 17.7 Å². The number of esters is 1. The molecule has 1 heterocycles. The zero-order valence-electron chi connectivity index (χ0n) is 16.0. The van der Waals surface area contributed by atoms with Crippen molar-refractivity contribution in [3.8, 4) is 17.2 Å². The molecule has 1 atom stereocenters. The van der Waals surface area contributed by atoms with Gasteiger partial charge in [0.2, 0.25) is 5.75 Å². The second-order valence-corrected chi connectivity index (χ2v) is 6.94. The highest BCUT2D eigenvalue weighted by Crippen LogP contribution is 2.40. The molecule has 2 N–H and O–H groups in total. The summed E-state index contributed by atoms with van der Waals surface area (Å²) >= 11 is 0. The molecule has 0 aliphatic carbocycles. The van der Waals surface area contributed by atoms with Crippen molar-refractivity contribution < 1.29 is 33.3 Å². The summed E-state index contributed by atoms with van der Waals surface area (Å²) in [4.78, 5) is 36.2. The molecular formula is C18H24N2O7. The number of ether oxygens (including phenoxy) is 4. The lowest BCUT2D eigenvalue weighted by Gasteiger charge is -2.22. The highest BCUT2D eigenvalue weighted by molar-refractivity contribution is 5.99. The number of fused-ring (bicyclic) bond motifs is 1. The number of rotatable bonds is 4. The van der Waals surface area contributed by atoms with Gasteiger partial charge in [0.25, 0.3) is 5.91 Å². The first-order valence-electron chi connectivity index (χ1n) is 8.42. The smallest absolute Gasteiger partial charge is 0.339 e. The number of benzene rings is 1. The van der Waals surface area contributed by atoms with Gasteiger partial charge in [-0.2, -0.15) is 0 Å². The molecule has 1 aliphatic heterocycles. The number of urea groups is 1. The number of methoxy groups -OCH3 is 1. The van der Waals surface area contributed by atoms with Crippen molar-refractivity contribution in [2.45, 2.75) is 39.3 Å². The lowest BCUT2D eigenvalue weighted by molar-refractivity contribution is -0.127. The summed E-state index contributed by atoms with van der Waals surface area (Å²) in [5.74, 6) is -0.418. The Kier molecular flexibility index (Phi) is 6.14. The van der Waals surface area contributed by atoms with E-state index in [-0.39, 0.29) is 5.56 Å². The Morgan fingerprint density at radius 1 is 1.15 bits per heavy atom. The van der Waals surface area contributed by atoms with Crippen LogP contribution in [0.4, 0.5) is 4.79 Å². The van der Waals surface area contributed by atoms with E-state index in [1.807, 2.05) is 0 Å². The maximum Gasteiger partial charge on any atom is 0.339 e. The van der Waals surface area contributed by atoms with Crippen molar-refractivity contribution in [1.29, 1.82) is 0 Å². The van der Waals surface area contributed by atoms with Crippen LogP contribution in [0.25, 0.3) is 0 Å². The zero-order chi connectivity index (χ0) is 20.2. The van der Waals surface area contributed by atoms with E-state index in [1.54, 1.807) is 20.8 Å². The summed E-state index contributed by atoms with van der Waals surface area (Å²) in [6.07, 6.45) is -1.18. The molecule has 1 aromatic rings. The van der Waals surface area contributed by atoms with Crippen LogP contribution in [0.1, 0.15) is 38.1 Å². The van der Waals surface area contributed by atoms with E-state index in [1.165, 1.54) is 26.2 Å². The fourth-order valence-electron chi connectivity index (χ4n) is 2.26. The van der Waals surface area contributed by atoms with Crippen molar-refractivity contribution in [1.82, 2.24) is 10.6 Å². The van der Waals surface area contributed by atoms with Crippen LogP contribution in [-0.2, 0) is 9.53 Å². The molecular weight excluding hydrogens is 356 g/mol. The largest absolute Gasteiger partial charge is 0.493 e. The number of carbonyl (C=O) groups excluding carboxylic acids is 3. The van der Waals surface area contributed by atoms with Gasteiger partial charge in [-0.05, 0) is 39.8 Å². The quantitative estimate of drug-likeness (QED) is 0.764. The van der Waals surface area contributed by atoms with E-state index >= 15 is 0 Å². The second kappa shape index (κ2) is 8.15. The fourth-order valence-corrected chi connectivity index (χ4v) is 2.26. The molecule has 9 nitrogen and oxygen atoms in total. The monoisotopic (exact) mass is 380 g/mol. The van der Waals surface area contributed by atoms with Crippen LogP contribution in [0, 0.1) is 0 Å². The number of hydrogen-bond donors (Lipinski definition) is 2. The summed E-state index contributed by atoms with van der Waals surface area (Å²) in [7, 11) is 1.44. The Morgan fingerprint density at radius 2 is 1.81 bits per heavy atom. The van der Waals surface area contributed by atoms with E-state index in [4.69, 9.17) is 18.9 Å². The molecule has 0 spiro atoms. The summed E-state index contributed by atoms with van der Waals surface area (Å²) in [5.41, 5.74) is -0.374. The maximum absolute atomic E-state index is 12.4. The van der Waals surface area contributed by atoms with Crippen molar-refractivity contribution in [2.24, 2.45) is 0 Å². The van der Waals surface area contributed by atoms with Gasteiger partial charge in [0.15, 0.2) is 17.6 Å². The third-order valence-electron chi connectivity index (χ3n) is 3.44. The fraction of sp³-hybridized carbons (Fsp3) is 0.500. The van der Waals surface area contributed by atoms with Crippen LogP contribution in [0.2, 0.25) is 0 Å². The third kappa shape index (κ3) is 5.50. The SMILES string of the molecule is COc1cc(C(=O)O[C@H](C)C(=O)NC(=O)NC(C)(C)C)cc2c1OCCO2. The molecule has 0 radical (unpaired) electrons. The minimum absolute atomic E-state index is 0.134. The molecule has 3 amide bonds. The maximum atomic E-state index is 12.4. The van der Waals surface area contributed by atoms with Gasteiger partial charge in [0, 0.05) is 5.54 Å². The number of imide groups is 1. The average molecular weight is 380 g/mol. The first-order chi connectivity index (χ1) is 12.6. The highest BCUT2D eigenvalue weighted by Gasteiger charge is 2.25. The Hall–Kier alpha value is -2.97. The summed E-state index contributed by atoms with van der Waals surface area (Å²) in [6.45, 7) is 7.41. The topological polar surface area (TPSA) is 112 Å². The molecule has 9 heteroatoms. The van der Waals surface area contributed by atoms with Crippen molar-refractivity contribution in [2.75, 3.05) is 20.3 Å². The highest BCUT2D eigenvalue weighted by atomic mass is 16.6. The van der Waals surface area contributed by atoms with Crippen LogP contribution in [0.15, 0.2) is 12.1 Å². The molecule has 27 heavy (non-hydrogen) atoms. The lowest BCUT2D eigenvalue weighted by Crippen LogP contribution is -2.50. The van der Waals surface area contributed by atoms with E-state index in [0.717, 1.165) is 0 Å². The number of nitrogens with one attached hydrogen (secondary N) is 2. The summed E-state index contributed by atoms with van der Waals surface area (Å²) < 4.78 is 21.3. The van der Waals surface area contributed by atoms with Crippen molar-refractivity contribution in [3.63, 3.8) is 0 Å². The van der Waals surface area contributed by atoms with E-state index in [9.17, 15) is 14.4 Å². The van der Waals surface area contributed by atoms with E-state index in [0.29, 0.717) is 30.5 Å². The van der Waals surface area contributed by atoms with Gasteiger partial charge < -0.3 is 24.3 Å². The molecule has 0 saturated carbocycles. The first-order valence-corrected chi connectivity index (χ1v) is 8.42. The third-order valence-corrected chi connectivity index (χ3v) is 3.44. The minimum Gasteiger partial charge on any atom is -0.493 e. The van der Waals surface area contributed by atoms with Crippen LogP contribution < -0.4 is 24.8 Å². The minimum atomic E-state index is -1.18. The normalized spacial score (nSPS) is 14.0. The standard InChI is InChI=1S/C18H24N2O7/c1-10(15(21)19-17(23)20-18(2,3)4)27-16(22)11-8-12(24-5)14-13(9-11)25-6-7-26-14/h8-10H,6-7H2,1-5H3,(H2,19,20,21,23)/t10-/m1/s1. The van der Waals surface area contributed by atoms with Gasteiger partial charge in [0.1, 0.15) is 13.2 Å². The zero-order valence-corrected chi connectivity index (χ0v) is 16.0. The van der Waals surface area contributed by atoms with Crippen LogP contribution in [0.3, 0.4) is 0 Å². The average Bonchev–Trinajstić information content (AvgIpc) is 2.58. The van der Waals surface area contributed by atoms with Crippen LogP contribution in [0.5, 0.6) is 17.2 Å². The van der Waals surface area contributed by atoms with E-state index < -0.39 is 29.6 Å². The Bertz CT molecular complexity index is 723. The second-order valence-electron chi connectivity index (χ2n) is 6.94. The predicted molar refractivity (Wildman–Crippen MR) is 95.3 cm³/mol. The predicted octanol–water partition coefficient (Wildman–Crippen LogP) is 1.64. The summed E-state index contributed by atoms with van der Waals surface area (Å²) in [5, 5.41) is 4.71. The van der Waals surface area contributed by atoms with Gasteiger partial charge in [-0.25, -0.2) is 9.59 Å². The Morgan fingerprint density at radius 3 is 2.44 bits per heavy atom. The number of amides is 3. The lowest BCUT2D eigenvalue weighted by atomic mass is 10.1. The van der Waals surface area contributed by atoms with Crippen molar-refractivity contribution >= 4 is 17.9 Å². The molecule has 0 unspecified atom stereocenters. The molecule has 2 rings (SSSR count). The van der Waals surface area contributed by atoms with Gasteiger partial charge >= 0.3 is 12.0 Å². The van der Waals surface area contributed by atoms with Gasteiger partial charge in [-0.1, -0.05) is 0 Å². The Balaban J connectivity index is 2.04. The molecule has 148 valence electrons.